The third kappa shape index (κ3) is 2.44. The van der Waals surface area contributed by atoms with Gasteiger partial charge in [0.2, 0.25) is 0 Å². The molecule has 0 fully saturated rings. The second-order valence-corrected chi connectivity index (χ2v) is 4.09. The van der Waals surface area contributed by atoms with E-state index >= 15 is 0 Å². The Labute approximate surface area is 108 Å². The SMILES string of the molecule is Cc1cn[nH]c1NC(=O)c1cccc([N+](=O)[O-])c1C. The Morgan fingerprint density at radius 3 is 2.74 bits per heavy atom. The number of H-pyrrole nitrogens is 1. The molecule has 0 aliphatic heterocycles. The first-order valence-corrected chi connectivity index (χ1v) is 5.56. The van der Waals surface area contributed by atoms with Crippen LogP contribution >= 0.6 is 0 Å². The summed E-state index contributed by atoms with van der Waals surface area (Å²) in [4.78, 5) is 22.4. The van der Waals surface area contributed by atoms with Crippen LogP contribution in [-0.2, 0) is 0 Å². The van der Waals surface area contributed by atoms with Gasteiger partial charge in [-0.1, -0.05) is 6.07 Å². The lowest BCUT2D eigenvalue weighted by molar-refractivity contribution is -0.385. The highest BCUT2D eigenvalue weighted by molar-refractivity contribution is 6.05. The zero-order chi connectivity index (χ0) is 14.0. The highest BCUT2D eigenvalue weighted by Crippen LogP contribution is 2.22. The lowest BCUT2D eigenvalue weighted by Crippen LogP contribution is -2.15. The van der Waals surface area contributed by atoms with Gasteiger partial charge in [-0.3, -0.25) is 20.0 Å². The second kappa shape index (κ2) is 4.89. The lowest BCUT2D eigenvalue weighted by atomic mass is 10.1. The Bertz CT molecular complexity index is 648. The number of aryl methyl sites for hydroxylation is 1. The van der Waals surface area contributed by atoms with Crippen LogP contribution in [0.3, 0.4) is 0 Å². The number of nitrogens with zero attached hydrogens (tertiary/aromatic N) is 2. The topological polar surface area (TPSA) is 101 Å². The van der Waals surface area contributed by atoms with E-state index in [1.54, 1.807) is 26.1 Å². The summed E-state index contributed by atoms with van der Waals surface area (Å²) in [6.45, 7) is 3.34. The monoisotopic (exact) mass is 260 g/mol. The molecule has 0 aliphatic rings. The molecule has 0 saturated heterocycles. The van der Waals surface area contributed by atoms with Crippen LogP contribution in [0.25, 0.3) is 0 Å². The average molecular weight is 260 g/mol. The molecule has 7 nitrogen and oxygen atoms in total. The number of carbonyl (C=O) groups is 1. The van der Waals surface area contributed by atoms with Crippen LogP contribution in [0.15, 0.2) is 24.4 Å². The highest BCUT2D eigenvalue weighted by atomic mass is 16.6. The molecule has 7 heteroatoms. The molecule has 1 aromatic carbocycles. The maximum absolute atomic E-state index is 12.1. The molecule has 2 rings (SSSR count). The number of rotatable bonds is 3. The van der Waals surface area contributed by atoms with Crippen molar-refractivity contribution in [2.24, 2.45) is 0 Å². The summed E-state index contributed by atoms with van der Waals surface area (Å²) in [5.41, 5.74) is 1.32. The molecule has 1 heterocycles. The van der Waals surface area contributed by atoms with Crippen molar-refractivity contribution in [3.05, 3.63) is 51.2 Å². The number of amides is 1. The molecule has 19 heavy (non-hydrogen) atoms. The molecule has 0 aliphatic carbocycles. The Hall–Kier alpha value is -2.70. The van der Waals surface area contributed by atoms with Crippen LogP contribution in [0, 0.1) is 24.0 Å². The fourth-order valence-corrected chi connectivity index (χ4v) is 1.72. The fraction of sp³-hybridized carbons (Fsp3) is 0.167. The summed E-state index contributed by atoms with van der Waals surface area (Å²) in [5, 5.41) is 19.9. The lowest BCUT2D eigenvalue weighted by Gasteiger charge is -2.07. The van der Waals surface area contributed by atoms with Crippen molar-refractivity contribution in [3.63, 3.8) is 0 Å². The number of nitro groups is 1. The molecular weight excluding hydrogens is 248 g/mol. The molecule has 2 aromatic rings. The Balaban J connectivity index is 2.32. The summed E-state index contributed by atoms with van der Waals surface area (Å²) >= 11 is 0. The van der Waals surface area contributed by atoms with E-state index in [0.29, 0.717) is 11.4 Å². The summed E-state index contributed by atoms with van der Waals surface area (Å²) in [6, 6.07) is 4.40. The van der Waals surface area contributed by atoms with Gasteiger partial charge < -0.3 is 5.32 Å². The summed E-state index contributed by atoms with van der Waals surface area (Å²) < 4.78 is 0. The fourth-order valence-electron chi connectivity index (χ4n) is 1.72. The average Bonchev–Trinajstić information content (AvgIpc) is 2.74. The third-order valence-electron chi connectivity index (χ3n) is 2.81. The van der Waals surface area contributed by atoms with Crippen LogP contribution in [-0.4, -0.2) is 21.0 Å². The van der Waals surface area contributed by atoms with Gasteiger partial charge >= 0.3 is 0 Å². The van der Waals surface area contributed by atoms with E-state index in [4.69, 9.17) is 0 Å². The van der Waals surface area contributed by atoms with Crippen molar-refractivity contribution in [3.8, 4) is 0 Å². The second-order valence-electron chi connectivity index (χ2n) is 4.09. The maximum atomic E-state index is 12.1. The Kier molecular flexibility index (Phi) is 3.28. The van der Waals surface area contributed by atoms with Gasteiger partial charge in [0.1, 0.15) is 5.82 Å². The predicted octanol–water partition coefficient (Wildman–Crippen LogP) is 2.19. The minimum absolute atomic E-state index is 0.0750. The number of hydrogen-bond donors (Lipinski definition) is 2. The van der Waals surface area contributed by atoms with Crippen LogP contribution in [0.2, 0.25) is 0 Å². The zero-order valence-corrected chi connectivity index (χ0v) is 10.4. The predicted molar refractivity (Wildman–Crippen MR) is 69.1 cm³/mol. The number of hydrogen-bond acceptors (Lipinski definition) is 4. The van der Waals surface area contributed by atoms with E-state index in [1.807, 2.05) is 0 Å². The molecule has 1 amide bonds. The number of aromatic nitrogens is 2. The molecule has 98 valence electrons. The Morgan fingerprint density at radius 2 is 2.16 bits per heavy atom. The van der Waals surface area contributed by atoms with Gasteiger partial charge in [-0.15, -0.1) is 0 Å². The van der Waals surface area contributed by atoms with E-state index < -0.39 is 10.8 Å². The number of nitrogens with one attached hydrogen (secondary N) is 2. The van der Waals surface area contributed by atoms with Crippen molar-refractivity contribution < 1.29 is 9.72 Å². The van der Waals surface area contributed by atoms with Crippen LogP contribution in [0.4, 0.5) is 11.5 Å². The van der Waals surface area contributed by atoms with Gasteiger partial charge in [-0.25, -0.2) is 0 Å². The normalized spacial score (nSPS) is 10.2. The Morgan fingerprint density at radius 1 is 1.42 bits per heavy atom. The minimum atomic E-state index is -0.506. The van der Waals surface area contributed by atoms with Crippen molar-refractivity contribution >= 4 is 17.4 Å². The third-order valence-corrected chi connectivity index (χ3v) is 2.81. The van der Waals surface area contributed by atoms with Crippen LogP contribution in [0.1, 0.15) is 21.5 Å². The summed E-state index contributed by atoms with van der Waals surface area (Å²) in [7, 11) is 0. The van der Waals surface area contributed by atoms with Gasteiger partial charge in [-0.2, -0.15) is 5.10 Å². The van der Waals surface area contributed by atoms with E-state index in [1.165, 1.54) is 12.1 Å². The molecule has 0 spiro atoms. The molecule has 0 atom stereocenters. The van der Waals surface area contributed by atoms with Crippen LogP contribution < -0.4 is 5.32 Å². The highest BCUT2D eigenvalue weighted by Gasteiger charge is 2.18. The molecular formula is C12H12N4O3. The van der Waals surface area contributed by atoms with Gasteiger partial charge in [0.05, 0.1) is 11.1 Å². The van der Waals surface area contributed by atoms with E-state index in [9.17, 15) is 14.9 Å². The number of benzene rings is 1. The van der Waals surface area contributed by atoms with Crippen molar-refractivity contribution in [2.45, 2.75) is 13.8 Å². The van der Waals surface area contributed by atoms with Crippen molar-refractivity contribution in [1.29, 1.82) is 0 Å². The number of carbonyl (C=O) groups excluding carboxylic acids is 1. The molecule has 0 unspecified atom stereocenters. The molecule has 2 N–H and O–H groups in total. The number of anilines is 1. The quantitative estimate of drug-likeness (QED) is 0.652. The first kappa shape index (κ1) is 12.7. The number of aromatic amines is 1. The van der Waals surface area contributed by atoms with Crippen molar-refractivity contribution in [2.75, 3.05) is 5.32 Å². The van der Waals surface area contributed by atoms with Gasteiger partial charge in [0.15, 0.2) is 0 Å². The van der Waals surface area contributed by atoms with Gasteiger partial charge in [-0.05, 0) is 19.9 Å². The van der Waals surface area contributed by atoms with E-state index in [2.05, 4.69) is 15.5 Å². The van der Waals surface area contributed by atoms with Gasteiger partial charge in [0, 0.05) is 22.8 Å². The summed E-state index contributed by atoms with van der Waals surface area (Å²) in [5.74, 6) is 0.0736. The largest absolute Gasteiger partial charge is 0.307 e. The summed E-state index contributed by atoms with van der Waals surface area (Å²) in [6.07, 6.45) is 1.58. The smallest absolute Gasteiger partial charge is 0.273 e. The zero-order valence-electron chi connectivity index (χ0n) is 10.4. The molecule has 0 radical (unpaired) electrons. The first-order chi connectivity index (χ1) is 9.00. The van der Waals surface area contributed by atoms with E-state index in [-0.39, 0.29) is 11.3 Å². The molecule has 0 saturated carbocycles. The first-order valence-electron chi connectivity index (χ1n) is 5.56. The van der Waals surface area contributed by atoms with E-state index in [0.717, 1.165) is 5.56 Å². The standard InChI is InChI=1S/C12H12N4O3/c1-7-6-13-15-11(7)14-12(17)9-4-3-5-10(8(9)2)16(18)19/h3-6H,1-2H3,(H2,13,14,15,17). The maximum Gasteiger partial charge on any atom is 0.273 e. The van der Waals surface area contributed by atoms with Crippen LogP contribution in [0.5, 0.6) is 0 Å². The molecule has 0 bridgehead atoms. The van der Waals surface area contributed by atoms with Gasteiger partial charge in [0.25, 0.3) is 11.6 Å². The number of nitro benzene ring substituents is 1. The van der Waals surface area contributed by atoms with Crippen molar-refractivity contribution in [1.82, 2.24) is 10.2 Å². The molecule has 1 aromatic heterocycles. The minimum Gasteiger partial charge on any atom is -0.307 e.